The van der Waals surface area contributed by atoms with Crippen LogP contribution < -0.4 is 10.6 Å². The summed E-state index contributed by atoms with van der Waals surface area (Å²) in [7, 11) is 0. The van der Waals surface area contributed by atoms with Crippen LogP contribution in [0.5, 0.6) is 0 Å². The molecule has 4 rings (SSSR count). The van der Waals surface area contributed by atoms with Crippen molar-refractivity contribution in [3.05, 3.63) is 72.6 Å². The smallest absolute Gasteiger partial charge is 0.273 e. The second-order valence-electron chi connectivity index (χ2n) is 5.95. The molecule has 27 heavy (non-hydrogen) atoms. The average Bonchev–Trinajstić information content (AvgIpc) is 3.36. The first-order valence-electron chi connectivity index (χ1n) is 8.36. The fraction of sp³-hybridized carbons (Fsp3) is 0.0500. The number of nitrogens with zero attached hydrogens (tertiary/aromatic N) is 1. The van der Waals surface area contributed by atoms with Crippen LogP contribution in [0.2, 0.25) is 0 Å². The third-order valence-corrected chi connectivity index (χ3v) is 4.05. The molecule has 0 aliphatic carbocycles. The van der Waals surface area contributed by atoms with E-state index < -0.39 is 5.91 Å². The summed E-state index contributed by atoms with van der Waals surface area (Å²) in [5.74, 6) is -0.313. The van der Waals surface area contributed by atoms with Gasteiger partial charge in [0.05, 0.1) is 6.54 Å². The van der Waals surface area contributed by atoms with Crippen molar-refractivity contribution in [2.24, 2.45) is 0 Å². The van der Waals surface area contributed by atoms with Crippen LogP contribution in [0.25, 0.3) is 22.2 Å². The molecule has 2 aromatic heterocycles. The van der Waals surface area contributed by atoms with Crippen molar-refractivity contribution in [3.63, 3.8) is 0 Å². The first-order valence-corrected chi connectivity index (χ1v) is 8.36. The summed E-state index contributed by atoms with van der Waals surface area (Å²) in [6, 6.07) is 18.3. The lowest BCUT2D eigenvalue weighted by Crippen LogP contribution is -2.33. The van der Waals surface area contributed by atoms with Gasteiger partial charge in [-0.1, -0.05) is 35.5 Å². The van der Waals surface area contributed by atoms with Crippen LogP contribution in [0.1, 0.15) is 10.5 Å². The van der Waals surface area contributed by atoms with E-state index in [0.29, 0.717) is 11.4 Å². The molecule has 3 N–H and O–H groups in total. The molecule has 0 unspecified atom stereocenters. The van der Waals surface area contributed by atoms with Crippen LogP contribution in [0.3, 0.4) is 0 Å². The first kappa shape index (κ1) is 16.6. The Hall–Kier alpha value is -3.87. The minimum Gasteiger partial charge on any atom is -0.361 e. The number of hydrogen-bond acceptors (Lipinski definition) is 4. The molecule has 2 amide bonds. The molecule has 0 saturated carbocycles. The van der Waals surface area contributed by atoms with Gasteiger partial charge in [0.1, 0.15) is 0 Å². The van der Waals surface area contributed by atoms with E-state index >= 15 is 0 Å². The minimum atomic E-state index is -0.475. The first-order chi connectivity index (χ1) is 13.2. The number of aromatic amines is 1. The number of nitrogens with one attached hydrogen (secondary N) is 3. The van der Waals surface area contributed by atoms with Crippen molar-refractivity contribution in [1.29, 1.82) is 0 Å². The molecule has 4 aromatic rings. The number of H-pyrrole nitrogens is 1. The molecule has 0 fully saturated rings. The highest BCUT2D eigenvalue weighted by atomic mass is 16.5. The van der Waals surface area contributed by atoms with Crippen molar-refractivity contribution < 1.29 is 14.1 Å². The highest BCUT2D eigenvalue weighted by Crippen LogP contribution is 2.20. The van der Waals surface area contributed by atoms with Crippen molar-refractivity contribution in [2.45, 2.75) is 0 Å². The van der Waals surface area contributed by atoms with E-state index in [9.17, 15) is 9.59 Å². The Kier molecular flexibility index (Phi) is 4.40. The summed E-state index contributed by atoms with van der Waals surface area (Å²) in [6.45, 7) is -0.169. The number of anilines is 1. The summed E-state index contributed by atoms with van der Waals surface area (Å²) < 4.78 is 5.19. The van der Waals surface area contributed by atoms with E-state index in [4.69, 9.17) is 4.52 Å². The third kappa shape index (κ3) is 3.72. The molecular formula is C20H16N4O3. The minimum absolute atomic E-state index is 0.121. The zero-order valence-electron chi connectivity index (χ0n) is 14.2. The normalized spacial score (nSPS) is 10.7. The average molecular weight is 360 g/mol. The second kappa shape index (κ2) is 7.17. The molecule has 0 radical (unpaired) electrons. The van der Waals surface area contributed by atoms with Crippen molar-refractivity contribution in [2.75, 3.05) is 11.9 Å². The van der Waals surface area contributed by atoms with Gasteiger partial charge in [-0.2, -0.15) is 0 Å². The lowest BCUT2D eigenvalue weighted by Gasteiger charge is -2.06. The maximum Gasteiger partial charge on any atom is 0.273 e. The van der Waals surface area contributed by atoms with Gasteiger partial charge in [-0.05, 0) is 24.3 Å². The maximum atomic E-state index is 12.2. The predicted molar refractivity (Wildman–Crippen MR) is 101 cm³/mol. The number of hydrogen-bond donors (Lipinski definition) is 3. The van der Waals surface area contributed by atoms with Gasteiger partial charge < -0.3 is 20.1 Å². The van der Waals surface area contributed by atoms with Gasteiger partial charge in [0.15, 0.2) is 11.5 Å². The van der Waals surface area contributed by atoms with Gasteiger partial charge in [-0.25, -0.2) is 0 Å². The van der Waals surface area contributed by atoms with Gasteiger partial charge in [-0.15, -0.1) is 0 Å². The molecular weight excluding hydrogens is 344 g/mol. The van der Waals surface area contributed by atoms with E-state index in [-0.39, 0.29) is 18.1 Å². The Bertz CT molecular complexity index is 1100. The van der Waals surface area contributed by atoms with E-state index in [1.807, 2.05) is 54.7 Å². The lowest BCUT2D eigenvalue weighted by atomic mass is 10.1. The topological polar surface area (TPSA) is 100 Å². The largest absolute Gasteiger partial charge is 0.361 e. The molecule has 134 valence electrons. The third-order valence-electron chi connectivity index (χ3n) is 4.05. The Morgan fingerprint density at radius 1 is 1.04 bits per heavy atom. The van der Waals surface area contributed by atoms with Crippen LogP contribution in [0.15, 0.2) is 71.4 Å². The van der Waals surface area contributed by atoms with E-state index in [1.54, 1.807) is 12.1 Å². The number of aromatic nitrogens is 2. The molecule has 2 heterocycles. The Morgan fingerprint density at radius 2 is 1.89 bits per heavy atom. The predicted octanol–water partition coefficient (Wildman–Crippen LogP) is 3.19. The number of benzene rings is 2. The quantitative estimate of drug-likeness (QED) is 0.509. The molecule has 0 spiro atoms. The molecule has 0 aliphatic heterocycles. The van der Waals surface area contributed by atoms with Crippen molar-refractivity contribution >= 4 is 28.4 Å². The number of carbonyl (C=O) groups excluding carboxylic acids is 2. The Labute approximate surface area is 154 Å². The molecule has 0 atom stereocenters. The summed E-state index contributed by atoms with van der Waals surface area (Å²) in [5, 5.41) is 10.0. The molecule has 0 bridgehead atoms. The van der Waals surface area contributed by atoms with Gasteiger partial charge in [0.2, 0.25) is 5.91 Å². The van der Waals surface area contributed by atoms with Gasteiger partial charge in [-0.3, -0.25) is 9.59 Å². The van der Waals surface area contributed by atoms with Crippen LogP contribution in [-0.4, -0.2) is 28.5 Å². The highest BCUT2D eigenvalue weighted by Gasteiger charge is 2.14. The Morgan fingerprint density at radius 3 is 2.74 bits per heavy atom. The highest BCUT2D eigenvalue weighted by molar-refractivity contribution is 5.99. The van der Waals surface area contributed by atoms with Crippen LogP contribution >= 0.6 is 0 Å². The van der Waals surface area contributed by atoms with Gasteiger partial charge >= 0.3 is 0 Å². The van der Waals surface area contributed by atoms with Crippen molar-refractivity contribution in [1.82, 2.24) is 15.5 Å². The summed E-state index contributed by atoms with van der Waals surface area (Å²) >= 11 is 0. The van der Waals surface area contributed by atoms with E-state index in [0.717, 1.165) is 16.5 Å². The zero-order chi connectivity index (χ0) is 18.6. The summed E-state index contributed by atoms with van der Waals surface area (Å²) in [4.78, 5) is 27.3. The maximum absolute atomic E-state index is 12.2. The van der Waals surface area contributed by atoms with Crippen molar-refractivity contribution in [3.8, 4) is 11.3 Å². The lowest BCUT2D eigenvalue weighted by molar-refractivity contribution is -0.115. The van der Waals surface area contributed by atoms with Gasteiger partial charge in [0, 0.05) is 34.4 Å². The van der Waals surface area contributed by atoms with Crippen LogP contribution in [0, 0.1) is 0 Å². The number of rotatable bonds is 5. The molecule has 7 heteroatoms. The summed E-state index contributed by atoms with van der Waals surface area (Å²) in [5.41, 5.74) is 2.59. The molecule has 2 aromatic carbocycles. The Balaban J connectivity index is 1.34. The second-order valence-corrected chi connectivity index (χ2v) is 5.95. The zero-order valence-corrected chi connectivity index (χ0v) is 14.2. The molecule has 7 nitrogen and oxygen atoms in total. The standard InChI is InChI=1S/C20H16N4O3/c25-19(23-15-6-7-16-14(10-15)8-9-21-16)12-22-20(26)17-11-18(27-24-17)13-4-2-1-3-5-13/h1-11,21H,12H2,(H,22,26)(H,23,25). The fourth-order valence-corrected chi connectivity index (χ4v) is 2.71. The molecule has 0 aliphatic rings. The number of amides is 2. The monoisotopic (exact) mass is 360 g/mol. The van der Waals surface area contributed by atoms with Crippen LogP contribution in [-0.2, 0) is 4.79 Å². The van der Waals surface area contributed by atoms with Crippen LogP contribution in [0.4, 0.5) is 5.69 Å². The SMILES string of the molecule is O=C(CNC(=O)c1cc(-c2ccccc2)on1)Nc1ccc2[nH]ccc2c1. The summed E-state index contributed by atoms with van der Waals surface area (Å²) in [6.07, 6.45) is 1.83. The number of carbonyl (C=O) groups is 2. The van der Waals surface area contributed by atoms with Gasteiger partial charge in [0.25, 0.3) is 5.91 Å². The van der Waals surface area contributed by atoms with E-state index in [2.05, 4.69) is 20.8 Å². The van der Waals surface area contributed by atoms with E-state index in [1.165, 1.54) is 0 Å². The fourth-order valence-electron chi connectivity index (χ4n) is 2.71. The molecule has 0 saturated heterocycles. The number of fused-ring (bicyclic) bond motifs is 1.